The Kier molecular flexibility index (Phi) is 5.60. The first-order valence-corrected chi connectivity index (χ1v) is 7.77. The predicted molar refractivity (Wildman–Crippen MR) is 84.1 cm³/mol. The number of piperidine rings is 1. The first-order chi connectivity index (χ1) is 9.65. The largest absolute Gasteiger partial charge is 0.326 e. The van der Waals surface area contributed by atoms with Gasteiger partial charge in [0.1, 0.15) is 0 Å². The summed E-state index contributed by atoms with van der Waals surface area (Å²) in [7, 11) is 0. The number of hydrogen-bond donors (Lipinski definition) is 1. The van der Waals surface area contributed by atoms with Crippen LogP contribution >= 0.6 is 0 Å². The lowest BCUT2D eigenvalue weighted by Gasteiger charge is -2.25. The number of carbonyl (C=O) groups is 1. The van der Waals surface area contributed by atoms with Crippen LogP contribution in [-0.4, -0.2) is 30.4 Å². The third kappa shape index (κ3) is 4.64. The van der Waals surface area contributed by atoms with Crippen LogP contribution in [-0.2, 0) is 4.79 Å². The van der Waals surface area contributed by atoms with Gasteiger partial charge in [0.2, 0.25) is 5.91 Å². The van der Waals surface area contributed by atoms with Gasteiger partial charge in [0.15, 0.2) is 0 Å². The highest BCUT2D eigenvalue weighted by Gasteiger charge is 2.12. The molecular weight excluding hydrogens is 248 g/mol. The van der Waals surface area contributed by atoms with E-state index in [9.17, 15) is 4.79 Å². The molecule has 1 saturated heterocycles. The molecule has 0 unspecified atom stereocenters. The fourth-order valence-corrected chi connectivity index (χ4v) is 2.64. The van der Waals surface area contributed by atoms with E-state index in [1.165, 1.54) is 24.8 Å². The van der Waals surface area contributed by atoms with E-state index in [1.54, 1.807) is 0 Å². The molecule has 3 heteroatoms. The van der Waals surface area contributed by atoms with Crippen molar-refractivity contribution >= 4 is 11.6 Å². The fraction of sp³-hybridized carbons (Fsp3) is 0.588. The van der Waals surface area contributed by atoms with Gasteiger partial charge in [-0.1, -0.05) is 32.4 Å². The Hall–Kier alpha value is -1.35. The third-order valence-corrected chi connectivity index (χ3v) is 3.94. The van der Waals surface area contributed by atoms with Gasteiger partial charge in [-0.2, -0.15) is 0 Å². The molecule has 1 fully saturated rings. The second-order valence-corrected chi connectivity index (χ2v) is 5.98. The van der Waals surface area contributed by atoms with Crippen molar-refractivity contribution in [1.29, 1.82) is 0 Å². The summed E-state index contributed by atoms with van der Waals surface area (Å²) in [6.45, 7) is 7.51. The molecule has 0 bridgehead atoms. The predicted octanol–water partition coefficient (Wildman–Crippen LogP) is 3.62. The van der Waals surface area contributed by atoms with Gasteiger partial charge in [0.05, 0.1) is 0 Å². The molecule has 0 aliphatic carbocycles. The topological polar surface area (TPSA) is 32.3 Å². The number of amides is 1. The van der Waals surface area contributed by atoms with Gasteiger partial charge in [0.25, 0.3) is 0 Å². The number of likely N-dealkylation sites (tertiary alicyclic amines) is 1. The monoisotopic (exact) mass is 274 g/mol. The summed E-state index contributed by atoms with van der Waals surface area (Å²) in [4.78, 5) is 14.4. The summed E-state index contributed by atoms with van der Waals surface area (Å²) in [5.41, 5.74) is 2.18. The van der Waals surface area contributed by atoms with E-state index in [4.69, 9.17) is 0 Å². The molecule has 0 aromatic heterocycles. The van der Waals surface area contributed by atoms with Crippen LogP contribution in [0.15, 0.2) is 24.3 Å². The number of nitrogens with one attached hydrogen (secondary N) is 1. The first-order valence-electron chi connectivity index (χ1n) is 7.77. The molecule has 1 aliphatic rings. The maximum atomic E-state index is 12.0. The van der Waals surface area contributed by atoms with Crippen molar-refractivity contribution in [1.82, 2.24) is 4.90 Å². The molecule has 20 heavy (non-hydrogen) atoms. The Labute approximate surface area is 122 Å². The van der Waals surface area contributed by atoms with Gasteiger partial charge >= 0.3 is 0 Å². The maximum absolute atomic E-state index is 12.0. The summed E-state index contributed by atoms with van der Waals surface area (Å²) >= 11 is 0. The summed E-state index contributed by atoms with van der Waals surface area (Å²) < 4.78 is 0. The summed E-state index contributed by atoms with van der Waals surface area (Å²) in [6, 6.07) is 8.15. The second-order valence-electron chi connectivity index (χ2n) is 5.98. The lowest BCUT2D eigenvalue weighted by atomic mass is 10.0. The SMILES string of the molecule is CC(C)c1cccc(NC(=O)CCN2CCCCC2)c1. The van der Waals surface area contributed by atoms with E-state index >= 15 is 0 Å². The van der Waals surface area contributed by atoms with Crippen LogP contribution in [0, 0.1) is 0 Å². The van der Waals surface area contributed by atoms with E-state index in [2.05, 4.69) is 36.2 Å². The molecule has 0 atom stereocenters. The summed E-state index contributed by atoms with van der Waals surface area (Å²) in [5, 5.41) is 3.01. The van der Waals surface area contributed by atoms with Crippen LogP contribution < -0.4 is 5.32 Å². The van der Waals surface area contributed by atoms with E-state index in [-0.39, 0.29) is 5.91 Å². The summed E-state index contributed by atoms with van der Waals surface area (Å²) in [5.74, 6) is 0.608. The van der Waals surface area contributed by atoms with Crippen molar-refractivity contribution in [3.63, 3.8) is 0 Å². The van der Waals surface area contributed by atoms with E-state index in [1.807, 2.05) is 12.1 Å². The van der Waals surface area contributed by atoms with Gasteiger partial charge < -0.3 is 10.2 Å². The fourth-order valence-electron chi connectivity index (χ4n) is 2.64. The highest BCUT2D eigenvalue weighted by Crippen LogP contribution is 2.18. The molecule has 1 heterocycles. The molecule has 1 N–H and O–H groups in total. The number of nitrogens with zero attached hydrogens (tertiary/aromatic N) is 1. The van der Waals surface area contributed by atoms with Gasteiger partial charge in [0, 0.05) is 18.7 Å². The molecule has 2 rings (SSSR count). The lowest BCUT2D eigenvalue weighted by molar-refractivity contribution is -0.116. The zero-order chi connectivity index (χ0) is 14.4. The average Bonchev–Trinajstić information content (AvgIpc) is 2.46. The Morgan fingerprint density at radius 1 is 1.25 bits per heavy atom. The van der Waals surface area contributed by atoms with E-state index in [0.717, 1.165) is 25.3 Å². The molecule has 110 valence electrons. The molecule has 0 radical (unpaired) electrons. The minimum atomic E-state index is 0.122. The van der Waals surface area contributed by atoms with Crippen molar-refractivity contribution in [3.8, 4) is 0 Å². The Morgan fingerprint density at radius 3 is 2.70 bits per heavy atom. The molecular formula is C17H26N2O. The van der Waals surface area contributed by atoms with Crippen molar-refractivity contribution in [2.75, 3.05) is 25.0 Å². The highest BCUT2D eigenvalue weighted by atomic mass is 16.1. The van der Waals surface area contributed by atoms with Crippen LogP contribution in [0.25, 0.3) is 0 Å². The van der Waals surface area contributed by atoms with Crippen molar-refractivity contribution in [3.05, 3.63) is 29.8 Å². The standard InChI is InChI=1S/C17H26N2O/c1-14(2)15-7-6-8-16(13-15)18-17(20)9-12-19-10-4-3-5-11-19/h6-8,13-14H,3-5,9-12H2,1-2H3,(H,18,20). The zero-order valence-corrected chi connectivity index (χ0v) is 12.7. The van der Waals surface area contributed by atoms with Crippen molar-refractivity contribution in [2.24, 2.45) is 0 Å². The maximum Gasteiger partial charge on any atom is 0.225 e. The molecule has 1 aliphatic heterocycles. The second kappa shape index (κ2) is 7.44. The van der Waals surface area contributed by atoms with E-state index < -0.39 is 0 Å². The smallest absolute Gasteiger partial charge is 0.225 e. The summed E-state index contributed by atoms with van der Waals surface area (Å²) in [6.07, 6.45) is 4.48. The van der Waals surface area contributed by atoms with Crippen LogP contribution in [0.2, 0.25) is 0 Å². The van der Waals surface area contributed by atoms with Gasteiger partial charge in [-0.05, 0) is 49.5 Å². The molecule has 1 aromatic rings. The Balaban J connectivity index is 1.80. The molecule has 0 saturated carbocycles. The Bertz CT molecular complexity index is 436. The Morgan fingerprint density at radius 2 is 2.00 bits per heavy atom. The molecule has 3 nitrogen and oxygen atoms in total. The van der Waals surface area contributed by atoms with Crippen LogP contribution in [0.4, 0.5) is 5.69 Å². The van der Waals surface area contributed by atoms with Crippen LogP contribution in [0.1, 0.15) is 51.0 Å². The van der Waals surface area contributed by atoms with Gasteiger partial charge in [-0.15, -0.1) is 0 Å². The number of anilines is 1. The first kappa shape index (κ1) is 15.0. The number of carbonyl (C=O) groups excluding carboxylic acids is 1. The van der Waals surface area contributed by atoms with Crippen LogP contribution in [0.3, 0.4) is 0 Å². The van der Waals surface area contributed by atoms with E-state index in [0.29, 0.717) is 12.3 Å². The van der Waals surface area contributed by atoms with Crippen molar-refractivity contribution in [2.45, 2.75) is 45.4 Å². The molecule has 1 aromatic carbocycles. The van der Waals surface area contributed by atoms with Gasteiger partial charge in [-0.3, -0.25) is 4.79 Å². The molecule has 0 spiro atoms. The zero-order valence-electron chi connectivity index (χ0n) is 12.7. The normalized spacial score (nSPS) is 16.4. The molecule has 1 amide bonds. The number of hydrogen-bond acceptors (Lipinski definition) is 2. The average molecular weight is 274 g/mol. The quantitative estimate of drug-likeness (QED) is 0.889. The number of rotatable bonds is 5. The minimum Gasteiger partial charge on any atom is -0.326 e. The third-order valence-electron chi connectivity index (χ3n) is 3.94. The van der Waals surface area contributed by atoms with Gasteiger partial charge in [-0.25, -0.2) is 0 Å². The lowest BCUT2D eigenvalue weighted by Crippen LogP contribution is -2.32. The minimum absolute atomic E-state index is 0.122. The van der Waals surface area contributed by atoms with Crippen molar-refractivity contribution < 1.29 is 4.79 Å². The number of benzene rings is 1. The highest BCUT2D eigenvalue weighted by molar-refractivity contribution is 5.90. The van der Waals surface area contributed by atoms with Crippen LogP contribution in [0.5, 0.6) is 0 Å².